The monoisotopic (exact) mass is 386 g/mol. The Morgan fingerprint density at radius 1 is 1.00 bits per heavy atom. The van der Waals surface area contributed by atoms with Crippen molar-refractivity contribution in [3.8, 4) is 0 Å². The maximum Gasteiger partial charge on any atom is 0.228 e. The number of nitrogens with one attached hydrogen (secondary N) is 1. The van der Waals surface area contributed by atoms with E-state index in [9.17, 15) is 9.59 Å². The van der Waals surface area contributed by atoms with Crippen LogP contribution in [0.1, 0.15) is 78.6 Å². The highest BCUT2D eigenvalue weighted by Crippen LogP contribution is 2.73. The van der Waals surface area contributed by atoms with E-state index in [2.05, 4.69) is 31.0 Å². The molecule has 5 rings (SSSR count). The second-order valence-electron chi connectivity index (χ2n) is 11.7. The van der Waals surface area contributed by atoms with Crippen molar-refractivity contribution in [2.24, 2.45) is 33.5 Å². The number of carbonyl (C=O) groups is 2. The van der Waals surface area contributed by atoms with E-state index >= 15 is 0 Å². The van der Waals surface area contributed by atoms with Crippen LogP contribution in [0.4, 0.5) is 0 Å². The summed E-state index contributed by atoms with van der Waals surface area (Å²) in [7, 11) is 0. The second-order valence-corrected chi connectivity index (χ2v) is 11.7. The van der Waals surface area contributed by atoms with Crippen LogP contribution >= 0.6 is 0 Å². The van der Waals surface area contributed by atoms with Gasteiger partial charge in [0.25, 0.3) is 0 Å². The van der Waals surface area contributed by atoms with Gasteiger partial charge in [-0.05, 0) is 67.6 Å². The van der Waals surface area contributed by atoms with E-state index in [0.717, 1.165) is 58.3 Å². The summed E-state index contributed by atoms with van der Waals surface area (Å²) in [5.41, 5.74) is 0.205. The smallest absolute Gasteiger partial charge is 0.228 e. The summed E-state index contributed by atoms with van der Waals surface area (Å²) in [5.74, 6) is 2.07. The van der Waals surface area contributed by atoms with E-state index < -0.39 is 0 Å². The van der Waals surface area contributed by atoms with Gasteiger partial charge in [-0.25, -0.2) is 0 Å². The number of amides is 1. The molecule has 1 amide bonds. The van der Waals surface area contributed by atoms with Crippen LogP contribution in [-0.4, -0.2) is 42.8 Å². The molecule has 4 heteroatoms. The average Bonchev–Trinajstić information content (AvgIpc) is 2.85. The Labute approximate surface area is 170 Å². The van der Waals surface area contributed by atoms with Gasteiger partial charge in [0, 0.05) is 43.4 Å². The summed E-state index contributed by atoms with van der Waals surface area (Å²) >= 11 is 0. The minimum absolute atomic E-state index is 0.0473. The number of Topliss-reactive ketones (excluding diaryl/α,β-unsaturated/α-hetero) is 1. The molecular weight excluding hydrogens is 348 g/mol. The molecule has 4 aliphatic carbocycles. The first-order valence-electron chi connectivity index (χ1n) is 11.8. The fourth-order valence-corrected chi connectivity index (χ4v) is 8.99. The molecule has 4 nitrogen and oxygen atoms in total. The lowest BCUT2D eigenvalue weighted by atomic mass is 9.40. The predicted molar refractivity (Wildman–Crippen MR) is 110 cm³/mol. The van der Waals surface area contributed by atoms with Gasteiger partial charge in [-0.3, -0.25) is 9.59 Å². The van der Waals surface area contributed by atoms with Crippen LogP contribution in [0.5, 0.6) is 0 Å². The van der Waals surface area contributed by atoms with Crippen molar-refractivity contribution in [1.82, 2.24) is 10.2 Å². The molecule has 0 aromatic carbocycles. The largest absolute Gasteiger partial charge is 0.340 e. The van der Waals surface area contributed by atoms with Crippen molar-refractivity contribution in [3.63, 3.8) is 0 Å². The first kappa shape index (κ1) is 19.1. The minimum Gasteiger partial charge on any atom is -0.340 e. The Kier molecular flexibility index (Phi) is 4.13. The fourth-order valence-electron chi connectivity index (χ4n) is 8.99. The van der Waals surface area contributed by atoms with Crippen LogP contribution in [0.3, 0.4) is 0 Å². The number of nitrogens with zero attached hydrogens (tertiary/aromatic N) is 1. The van der Waals surface area contributed by atoms with E-state index in [-0.39, 0.29) is 21.7 Å². The number of ketones is 1. The topological polar surface area (TPSA) is 49.4 Å². The molecule has 2 bridgehead atoms. The van der Waals surface area contributed by atoms with Gasteiger partial charge in [-0.1, -0.05) is 27.2 Å². The van der Waals surface area contributed by atoms with Gasteiger partial charge in [0.15, 0.2) is 0 Å². The van der Waals surface area contributed by atoms with Gasteiger partial charge in [0.05, 0.1) is 0 Å². The van der Waals surface area contributed by atoms with Crippen molar-refractivity contribution in [1.29, 1.82) is 0 Å². The molecule has 0 aromatic rings. The molecule has 5 fully saturated rings. The molecule has 1 aliphatic heterocycles. The van der Waals surface area contributed by atoms with Crippen LogP contribution < -0.4 is 5.32 Å². The predicted octanol–water partition coefficient (Wildman–Crippen LogP) is 3.79. The average molecular weight is 387 g/mol. The van der Waals surface area contributed by atoms with E-state index in [0.29, 0.717) is 23.5 Å². The first-order chi connectivity index (χ1) is 13.2. The summed E-state index contributed by atoms with van der Waals surface area (Å²) in [5, 5.41) is 3.39. The lowest BCUT2D eigenvalue weighted by Gasteiger charge is -2.64. The van der Waals surface area contributed by atoms with E-state index in [4.69, 9.17) is 0 Å². The molecule has 1 saturated heterocycles. The summed E-state index contributed by atoms with van der Waals surface area (Å²) in [4.78, 5) is 28.7. The van der Waals surface area contributed by atoms with Gasteiger partial charge in [-0.15, -0.1) is 0 Å². The molecular formula is C24H38N2O2. The Balaban J connectivity index is 1.47. The molecule has 1 heterocycles. The third kappa shape index (κ3) is 2.39. The molecule has 4 saturated carbocycles. The van der Waals surface area contributed by atoms with Crippen molar-refractivity contribution >= 4 is 11.7 Å². The lowest BCUT2D eigenvalue weighted by molar-refractivity contribution is -0.178. The quantitative estimate of drug-likeness (QED) is 0.746. The highest BCUT2D eigenvalue weighted by molar-refractivity contribution is 5.88. The van der Waals surface area contributed by atoms with Gasteiger partial charge >= 0.3 is 0 Å². The Morgan fingerprint density at radius 2 is 1.71 bits per heavy atom. The third-order valence-electron chi connectivity index (χ3n) is 10.2. The maximum absolute atomic E-state index is 13.7. The Morgan fingerprint density at radius 3 is 2.46 bits per heavy atom. The summed E-state index contributed by atoms with van der Waals surface area (Å²) in [6, 6.07) is 0. The van der Waals surface area contributed by atoms with Crippen molar-refractivity contribution in [3.05, 3.63) is 0 Å². The van der Waals surface area contributed by atoms with E-state index in [1.165, 1.54) is 25.7 Å². The summed E-state index contributed by atoms with van der Waals surface area (Å²) < 4.78 is 0. The van der Waals surface area contributed by atoms with Crippen LogP contribution in [0, 0.1) is 33.5 Å². The molecule has 6 atom stereocenters. The van der Waals surface area contributed by atoms with Crippen LogP contribution in [0.25, 0.3) is 0 Å². The molecule has 0 radical (unpaired) electrons. The highest BCUT2D eigenvalue weighted by atomic mass is 16.2. The fraction of sp³-hybridized carbons (Fsp3) is 0.917. The van der Waals surface area contributed by atoms with Crippen molar-refractivity contribution < 1.29 is 9.59 Å². The molecule has 1 spiro atoms. The molecule has 0 aromatic heterocycles. The minimum atomic E-state index is -0.213. The number of hydrogen-bond acceptors (Lipinski definition) is 3. The van der Waals surface area contributed by atoms with Crippen molar-refractivity contribution in [2.45, 2.75) is 78.6 Å². The van der Waals surface area contributed by atoms with E-state index in [1.54, 1.807) is 0 Å². The second kappa shape index (κ2) is 6.06. The zero-order valence-electron chi connectivity index (χ0n) is 18.1. The number of hydrogen-bond donors (Lipinski definition) is 1. The molecule has 156 valence electrons. The van der Waals surface area contributed by atoms with Gasteiger partial charge < -0.3 is 10.2 Å². The molecule has 0 unspecified atom stereocenters. The number of piperazine rings is 1. The first-order valence-corrected chi connectivity index (χ1v) is 11.8. The highest BCUT2D eigenvalue weighted by Gasteiger charge is 2.68. The standard InChI is InChI=1S/C24H38N2O2/c1-21-9-5-18-22(2)7-4-8-23(3,20(28)26-13-11-25-12-14-26)17(22)6-10-24(18,16-21)15-19(21)27/h17-18,25H,4-16H2,1-3H3/t17-,18-,21-,22+,23+,24-/m0/s1. The summed E-state index contributed by atoms with van der Waals surface area (Å²) in [6.45, 7) is 10.6. The zero-order valence-corrected chi connectivity index (χ0v) is 18.1. The zero-order chi connectivity index (χ0) is 19.8. The van der Waals surface area contributed by atoms with E-state index in [1.807, 2.05) is 0 Å². The summed E-state index contributed by atoms with van der Waals surface area (Å²) in [6.07, 6.45) is 9.99. The van der Waals surface area contributed by atoms with Crippen LogP contribution in [-0.2, 0) is 9.59 Å². The van der Waals surface area contributed by atoms with Crippen LogP contribution in [0.15, 0.2) is 0 Å². The number of carbonyl (C=O) groups excluding carboxylic acids is 2. The van der Waals surface area contributed by atoms with Gasteiger partial charge in [0.2, 0.25) is 5.91 Å². The molecule has 1 N–H and O–H groups in total. The Hall–Kier alpha value is -0.900. The third-order valence-corrected chi connectivity index (χ3v) is 10.2. The lowest BCUT2D eigenvalue weighted by Crippen LogP contribution is -2.61. The molecule has 5 aliphatic rings. The van der Waals surface area contributed by atoms with Gasteiger partial charge in [-0.2, -0.15) is 0 Å². The number of rotatable bonds is 1. The molecule has 28 heavy (non-hydrogen) atoms. The normalized spacial score (nSPS) is 50.8. The maximum atomic E-state index is 13.7. The van der Waals surface area contributed by atoms with Crippen LogP contribution in [0.2, 0.25) is 0 Å². The SMILES string of the molecule is C[C@@]12CC[C@@H]3[C@@](CC[C@H]4[C@@]3(C)CCC[C@@]4(C)C(=O)N3CCNCC3)(CC1=O)C2. The van der Waals surface area contributed by atoms with Gasteiger partial charge in [0.1, 0.15) is 5.78 Å². The number of fused-ring (bicyclic) bond motifs is 3. The Bertz CT molecular complexity index is 701. The van der Waals surface area contributed by atoms with Crippen molar-refractivity contribution in [2.75, 3.05) is 26.2 Å².